The van der Waals surface area contributed by atoms with Crippen LogP contribution in [0.3, 0.4) is 0 Å². The van der Waals surface area contributed by atoms with Gasteiger partial charge in [0.2, 0.25) is 0 Å². The zero-order valence-corrected chi connectivity index (χ0v) is 14.5. The van der Waals surface area contributed by atoms with Gasteiger partial charge in [-0.05, 0) is 39.3 Å². The van der Waals surface area contributed by atoms with Crippen molar-refractivity contribution in [3.05, 3.63) is 18.2 Å². The molecule has 0 atom stereocenters. The molecule has 2 N–H and O–H groups in total. The molecule has 1 amide bonds. The molecule has 23 heavy (non-hydrogen) atoms. The number of benzene rings is 1. The predicted octanol–water partition coefficient (Wildman–Crippen LogP) is 2.72. The molecule has 0 unspecified atom stereocenters. The molecule has 1 heterocycles. The first-order chi connectivity index (χ1) is 10.8. The summed E-state index contributed by atoms with van der Waals surface area (Å²) in [6.07, 6.45) is 0.635. The molecule has 0 radical (unpaired) electrons. The van der Waals surface area contributed by atoms with Gasteiger partial charge in [-0.1, -0.05) is 0 Å². The third-order valence-corrected chi connectivity index (χ3v) is 3.69. The molecule has 1 aromatic rings. The Morgan fingerprint density at radius 2 is 1.91 bits per heavy atom. The number of carbonyl (C=O) groups excluding carboxylic acids is 1. The van der Waals surface area contributed by atoms with Crippen molar-refractivity contribution in [2.75, 3.05) is 43.9 Å². The molecular formula is C17H27N3O3. The maximum absolute atomic E-state index is 12.2. The molecular weight excluding hydrogens is 294 g/mol. The molecule has 0 aliphatic carbocycles. The average Bonchev–Trinajstić information content (AvgIpc) is 2.71. The predicted molar refractivity (Wildman–Crippen MR) is 92.0 cm³/mol. The van der Waals surface area contributed by atoms with E-state index in [0.717, 1.165) is 30.9 Å². The lowest BCUT2D eigenvalue weighted by molar-refractivity contribution is 0.0263. The van der Waals surface area contributed by atoms with E-state index in [1.165, 1.54) is 0 Å². The highest BCUT2D eigenvalue weighted by molar-refractivity contribution is 5.69. The fourth-order valence-electron chi connectivity index (χ4n) is 2.62. The van der Waals surface area contributed by atoms with Crippen LogP contribution in [0.5, 0.6) is 5.75 Å². The van der Waals surface area contributed by atoms with Crippen molar-refractivity contribution >= 4 is 17.5 Å². The van der Waals surface area contributed by atoms with Crippen LogP contribution in [0, 0.1) is 0 Å². The zero-order valence-electron chi connectivity index (χ0n) is 14.5. The number of methoxy groups -OCH3 is 1. The molecule has 0 spiro atoms. The lowest BCUT2D eigenvalue weighted by atomic mass is 10.2. The van der Waals surface area contributed by atoms with Crippen molar-refractivity contribution in [2.45, 2.75) is 32.8 Å². The highest BCUT2D eigenvalue weighted by Gasteiger charge is 2.25. The van der Waals surface area contributed by atoms with E-state index >= 15 is 0 Å². The Balaban J connectivity index is 2.05. The lowest BCUT2D eigenvalue weighted by Gasteiger charge is -2.27. The number of hydrogen-bond acceptors (Lipinski definition) is 5. The highest BCUT2D eigenvalue weighted by Crippen LogP contribution is 2.31. The first kappa shape index (κ1) is 17.2. The lowest BCUT2D eigenvalue weighted by Crippen LogP contribution is -2.39. The Morgan fingerprint density at radius 3 is 2.57 bits per heavy atom. The average molecular weight is 321 g/mol. The van der Waals surface area contributed by atoms with Crippen LogP contribution in [-0.2, 0) is 4.74 Å². The van der Waals surface area contributed by atoms with Gasteiger partial charge in [-0.15, -0.1) is 0 Å². The summed E-state index contributed by atoms with van der Waals surface area (Å²) in [6, 6.07) is 5.66. The number of ether oxygens (including phenoxy) is 2. The van der Waals surface area contributed by atoms with Crippen LogP contribution in [0.15, 0.2) is 18.2 Å². The second kappa shape index (κ2) is 6.98. The number of hydrogen-bond donors (Lipinski definition) is 1. The summed E-state index contributed by atoms with van der Waals surface area (Å²) >= 11 is 0. The molecule has 0 saturated carbocycles. The van der Waals surface area contributed by atoms with E-state index in [4.69, 9.17) is 15.2 Å². The normalized spacial score (nSPS) is 16.0. The number of nitrogens with two attached hydrogens (primary N) is 1. The van der Waals surface area contributed by atoms with Crippen molar-refractivity contribution < 1.29 is 14.3 Å². The standard InChI is InChI=1S/C17H27N3O3/c1-17(2,3)23-16(21)20-9-5-8-19(10-11-20)14-7-6-13(18)12-15(14)22-4/h6-7,12H,5,8-11,18H2,1-4H3. The summed E-state index contributed by atoms with van der Waals surface area (Å²) in [5.74, 6) is 0.760. The van der Waals surface area contributed by atoms with Gasteiger partial charge in [0.25, 0.3) is 0 Å². The van der Waals surface area contributed by atoms with E-state index in [-0.39, 0.29) is 6.09 Å². The second-order valence-corrected chi connectivity index (χ2v) is 6.74. The van der Waals surface area contributed by atoms with Gasteiger partial charge in [-0.2, -0.15) is 0 Å². The van der Waals surface area contributed by atoms with Crippen LogP contribution in [0.4, 0.5) is 16.2 Å². The zero-order chi connectivity index (χ0) is 17.0. The summed E-state index contributed by atoms with van der Waals surface area (Å²) in [5.41, 5.74) is 7.03. The monoisotopic (exact) mass is 321 g/mol. The molecule has 1 aliphatic rings. The molecule has 0 aromatic heterocycles. The minimum absolute atomic E-state index is 0.247. The van der Waals surface area contributed by atoms with Crippen molar-refractivity contribution in [3.8, 4) is 5.75 Å². The van der Waals surface area contributed by atoms with Gasteiger partial charge in [0.1, 0.15) is 11.4 Å². The highest BCUT2D eigenvalue weighted by atomic mass is 16.6. The fraction of sp³-hybridized carbons (Fsp3) is 0.588. The maximum Gasteiger partial charge on any atom is 0.410 e. The van der Waals surface area contributed by atoms with Gasteiger partial charge < -0.3 is 25.0 Å². The molecule has 128 valence electrons. The molecule has 1 aliphatic heterocycles. The first-order valence-corrected chi connectivity index (χ1v) is 7.96. The minimum Gasteiger partial charge on any atom is -0.495 e. The molecule has 1 saturated heterocycles. The number of nitrogen functional groups attached to an aromatic ring is 1. The Hall–Kier alpha value is -2.11. The van der Waals surface area contributed by atoms with Crippen molar-refractivity contribution in [1.82, 2.24) is 4.90 Å². The number of nitrogens with zero attached hydrogens (tertiary/aromatic N) is 2. The van der Waals surface area contributed by atoms with Crippen LogP contribution < -0.4 is 15.4 Å². The van der Waals surface area contributed by atoms with Gasteiger partial charge in [0.15, 0.2) is 0 Å². The van der Waals surface area contributed by atoms with Gasteiger partial charge >= 0.3 is 6.09 Å². The third kappa shape index (κ3) is 4.68. The van der Waals surface area contributed by atoms with Crippen LogP contribution in [-0.4, -0.2) is 49.9 Å². The Labute approximate surface area is 138 Å². The van der Waals surface area contributed by atoms with E-state index in [1.807, 2.05) is 39.0 Å². The molecule has 6 nitrogen and oxygen atoms in total. The minimum atomic E-state index is -0.469. The third-order valence-electron chi connectivity index (χ3n) is 3.69. The molecule has 6 heteroatoms. The van der Waals surface area contributed by atoms with E-state index in [0.29, 0.717) is 18.8 Å². The summed E-state index contributed by atoms with van der Waals surface area (Å²) in [6.45, 7) is 8.57. The maximum atomic E-state index is 12.2. The topological polar surface area (TPSA) is 68.0 Å². The van der Waals surface area contributed by atoms with E-state index in [1.54, 1.807) is 12.0 Å². The Bertz CT molecular complexity index is 555. The van der Waals surface area contributed by atoms with Crippen molar-refractivity contribution in [1.29, 1.82) is 0 Å². The Kier molecular flexibility index (Phi) is 5.23. The Morgan fingerprint density at radius 1 is 1.17 bits per heavy atom. The second-order valence-electron chi connectivity index (χ2n) is 6.74. The van der Waals surface area contributed by atoms with Crippen molar-refractivity contribution in [2.24, 2.45) is 0 Å². The van der Waals surface area contributed by atoms with E-state index in [9.17, 15) is 4.79 Å². The van der Waals surface area contributed by atoms with Crippen LogP contribution in [0.1, 0.15) is 27.2 Å². The van der Waals surface area contributed by atoms with Crippen LogP contribution in [0.2, 0.25) is 0 Å². The van der Waals surface area contributed by atoms with Crippen LogP contribution in [0.25, 0.3) is 0 Å². The smallest absolute Gasteiger partial charge is 0.410 e. The largest absolute Gasteiger partial charge is 0.495 e. The summed E-state index contributed by atoms with van der Waals surface area (Å²) in [5, 5.41) is 0. The SMILES string of the molecule is COc1cc(N)ccc1N1CCCN(C(=O)OC(C)(C)C)CC1. The van der Waals surface area contributed by atoms with Crippen molar-refractivity contribution in [3.63, 3.8) is 0 Å². The van der Waals surface area contributed by atoms with Gasteiger partial charge in [-0.3, -0.25) is 0 Å². The number of anilines is 2. The van der Waals surface area contributed by atoms with Gasteiger partial charge in [-0.25, -0.2) is 4.79 Å². The molecule has 1 aromatic carbocycles. The van der Waals surface area contributed by atoms with Gasteiger partial charge in [0, 0.05) is 37.9 Å². The first-order valence-electron chi connectivity index (χ1n) is 7.96. The summed E-state index contributed by atoms with van der Waals surface area (Å²) in [4.78, 5) is 16.2. The molecule has 0 bridgehead atoms. The number of carbonyl (C=O) groups is 1. The van der Waals surface area contributed by atoms with E-state index in [2.05, 4.69) is 4.90 Å². The quantitative estimate of drug-likeness (QED) is 0.848. The molecule has 2 rings (SSSR count). The molecule has 1 fully saturated rings. The summed E-state index contributed by atoms with van der Waals surface area (Å²) < 4.78 is 10.9. The van der Waals surface area contributed by atoms with Crippen LogP contribution >= 0.6 is 0 Å². The number of amides is 1. The number of rotatable bonds is 2. The summed E-state index contributed by atoms with van der Waals surface area (Å²) in [7, 11) is 1.64. The fourth-order valence-corrected chi connectivity index (χ4v) is 2.62. The van der Waals surface area contributed by atoms with E-state index < -0.39 is 5.60 Å². The van der Waals surface area contributed by atoms with Gasteiger partial charge in [0.05, 0.1) is 12.8 Å².